The Morgan fingerprint density at radius 2 is 1.59 bits per heavy atom. The van der Waals surface area contributed by atoms with Gasteiger partial charge >= 0.3 is 0 Å². The molecule has 0 radical (unpaired) electrons. The van der Waals surface area contributed by atoms with Crippen molar-refractivity contribution in [3.8, 4) is 0 Å². The van der Waals surface area contributed by atoms with Gasteiger partial charge in [-0.1, -0.05) is 31.2 Å². The minimum atomic E-state index is -0.201. The maximum Gasteiger partial charge on any atom is 0.255 e. The lowest BCUT2D eigenvalue weighted by molar-refractivity contribution is 0.0950. The molecular weight excluding hydrogens is 400 g/mol. The Kier molecular flexibility index (Phi) is 8.11. The molecule has 3 aromatic rings. The van der Waals surface area contributed by atoms with Crippen molar-refractivity contribution >= 4 is 17.5 Å². The minimum Gasteiger partial charge on any atom is -0.348 e. The SMILES string of the molecule is CCN(Cc1ccc(C(=O)NCc2cccc(NC(=O)c3ccncc3)c2)cc1)C(C)C. The fraction of sp³-hybridized carbons (Fsp3) is 0.269. The maximum absolute atomic E-state index is 12.6. The number of rotatable bonds is 9. The summed E-state index contributed by atoms with van der Waals surface area (Å²) in [6.45, 7) is 8.75. The van der Waals surface area contributed by atoms with Crippen molar-refractivity contribution < 1.29 is 9.59 Å². The highest BCUT2D eigenvalue weighted by molar-refractivity contribution is 6.04. The van der Waals surface area contributed by atoms with Crippen LogP contribution in [0, 0.1) is 0 Å². The van der Waals surface area contributed by atoms with Crippen LogP contribution in [-0.4, -0.2) is 34.3 Å². The number of anilines is 1. The van der Waals surface area contributed by atoms with E-state index in [9.17, 15) is 9.59 Å². The Labute approximate surface area is 189 Å². The third kappa shape index (κ3) is 6.49. The van der Waals surface area contributed by atoms with E-state index in [0.717, 1.165) is 18.7 Å². The molecule has 0 aliphatic rings. The van der Waals surface area contributed by atoms with E-state index in [1.54, 1.807) is 24.5 Å². The first-order valence-electron chi connectivity index (χ1n) is 10.9. The van der Waals surface area contributed by atoms with E-state index >= 15 is 0 Å². The summed E-state index contributed by atoms with van der Waals surface area (Å²) in [6.07, 6.45) is 3.16. The quantitative estimate of drug-likeness (QED) is 0.524. The fourth-order valence-electron chi connectivity index (χ4n) is 3.41. The number of hydrogen-bond donors (Lipinski definition) is 2. The monoisotopic (exact) mass is 430 g/mol. The predicted octanol–water partition coefficient (Wildman–Crippen LogP) is 4.49. The van der Waals surface area contributed by atoms with Crippen LogP contribution in [0.2, 0.25) is 0 Å². The molecule has 1 aromatic heterocycles. The van der Waals surface area contributed by atoms with Crippen LogP contribution in [0.25, 0.3) is 0 Å². The van der Waals surface area contributed by atoms with Gasteiger partial charge in [-0.2, -0.15) is 0 Å². The summed E-state index contributed by atoms with van der Waals surface area (Å²) in [5.74, 6) is -0.327. The normalized spacial score (nSPS) is 10.9. The summed E-state index contributed by atoms with van der Waals surface area (Å²) < 4.78 is 0. The van der Waals surface area contributed by atoms with Crippen molar-refractivity contribution in [3.05, 3.63) is 95.3 Å². The van der Waals surface area contributed by atoms with E-state index in [2.05, 4.69) is 41.3 Å². The largest absolute Gasteiger partial charge is 0.348 e. The molecule has 0 fully saturated rings. The molecule has 0 saturated heterocycles. The molecule has 0 spiro atoms. The van der Waals surface area contributed by atoms with Gasteiger partial charge in [-0.3, -0.25) is 19.5 Å². The van der Waals surface area contributed by atoms with Crippen molar-refractivity contribution in [1.82, 2.24) is 15.2 Å². The number of nitrogens with one attached hydrogen (secondary N) is 2. The van der Waals surface area contributed by atoms with Gasteiger partial charge in [0.15, 0.2) is 0 Å². The maximum atomic E-state index is 12.6. The Morgan fingerprint density at radius 3 is 2.25 bits per heavy atom. The number of carbonyl (C=O) groups excluding carboxylic acids is 2. The summed E-state index contributed by atoms with van der Waals surface area (Å²) in [6, 6.07) is 19.0. The average Bonchev–Trinajstić information content (AvgIpc) is 2.82. The highest BCUT2D eigenvalue weighted by Crippen LogP contribution is 2.13. The third-order valence-corrected chi connectivity index (χ3v) is 5.32. The number of nitrogens with zero attached hydrogens (tertiary/aromatic N) is 2. The van der Waals surface area contributed by atoms with Crippen LogP contribution in [0.5, 0.6) is 0 Å². The summed E-state index contributed by atoms with van der Waals surface area (Å²) in [4.78, 5) is 31.2. The van der Waals surface area contributed by atoms with Gasteiger partial charge in [0.1, 0.15) is 0 Å². The van der Waals surface area contributed by atoms with Gasteiger partial charge in [0.25, 0.3) is 11.8 Å². The lowest BCUT2D eigenvalue weighted by Crippen LogP contribution is -2.30. The Balaban J connectivity index is 1.55. The number of carbonyl (C=O) groups is 2. The molecule has 32 heavy (non-hydrogen) atoms. The van der Waals surface area contributed by atoms with Crippen LogP contribution in [0.4, 0.5) is 5.69 Å². The number of pyridine rings is 1. The average molecular weight is 431 g/mol. The zero-order chi connectivity index (χ0) is 22.9. The molecule has 1 heterocycles. The summed E-state index contributed by atoms with van der Waals surface area (Å²) >= 11 is 0. The fourth-order valence-corrected chi connectivity index (χ4v) is 3.41. The van der Waals surface area contributed by atoms with Crippen LogP contribution < -0.4 is 10.6 Å². The molecule has 0 aliphatic carbocycles. The van der Waals surface area contributed by atoms with Crippen molar-refractivity contribution in [2.75, 3.05) is 11.9 Å². The molecule has 2 amide bonds. The van der Waals surface area contributed by atoms with E-state index in [1.807, 2.05) is 48.5 Å². The molecule has 0 aliphatic heterocycles. The van der Waals surface area contributed by atoms with Gasteiger partial charge in [-0.25, -0.2) is 0 Å². The van der Waals surface area contributed by atoms with Gasteiger partial charge in [0.2, 0.25) is 0 Å². The predicted molar refractivity (Wildman–Crippen MR) is 127 cm³/mol. The molecular formula is C26H30N4O2. The molecule has 0 bridgehead atoms. The van der Waals surface area contributed by atoms with Crippen molar-refractivity contribution in [1.29, 1.82) is 0 Å². The Hall–Kier alpha value is -3.51. The smallest absolute Gasteiger partial charge is 0.255 e. The molecule has 166 valence electrons. The zero-order valence-corrected chi connectivity index (χ0v) is 18.8. The lowest BCUT2D eigenvalue weighted by atomic mass is 10.1. The molecule has 0 saturated carbocycles. The van der Waals surface area contributed by atoms with Crippen LogP contribution in [-0.2, 0) is 13.1 Å². The van der Waals surface area contributed by atoms with E-state index in [4.69, 9.17) is 0 Å². The lowest BCUT2D eigenvalue weighted by Gasteiger charge is -2.24. The minimum absolute atomic E-state index is 0.126. The molecule has 6 nitrogen and oxygen atoms in total. The highest BCUT2D eigenvalue weighted by Gasteiger charge is 2.10. The Bertz CT molecular complexity index is 1030. The van der Waals surface area contributed by atoms with Gasteiger partial charge < -0.3 is 10.6 Å². The van der Waals surface area contributed by atoms with Crippen molar-refractivity contribution in [3.63, 3.8) is 0 Å². The van der Waals surface area contributed by atoms with Crippen LogP contribution in [0.3, 0.4) is 0 Å². The number of aromatic nitrogens is 1. The standard InChI is InChI=1S/C26H30N4O2/c1-4-30(19(2)3)18-20-8-10-22(11-9-20)25(31)28-17-21-6-5-7-24(16-21)29-26(32)23-12-14-27-15-13-23/h5-16,19H,4,17-18H2,1-3H3,(H,28,31)(H,29,32). The van der Waals surface area contributed by atoms with E-state index in [0.29, 0.717) is 29.4 Å². The summed E-state index contributed by atoms with van der Waals surface area (Å²) in [5.41, 5.74) is 3.93. The van der Waals surface area contributed by atoms with Crippen molar-refractivity contribution in [2.24, 2.45) is 0 Å². The number of hydrogen-bond acceptors (Lipinski definition) is 4. The summed E-state index contributed by atoms with van der Waals surface area (Å²) in [5, 5.41) is 5.82. The highest BCUT2D eigenvalue weighted by atomic mass is 16.2. The number of amides is 2. The van der Waals surface area contributed by atoms with Gasteiger partial charge in [-0.15, -0.1) is 0 Å². The van der Waals surface area contributed by atoms with E-state index < -0.39 is 0 Å². The summed E-state index contributed by atoms with van der Waals surface area (Å²) in [7, 11) is 0. The van der Waals surface area contributed by atoms with Crippen LogP contribution in [0.1, 0.15) is 52.6 Å². The molecule has 0 atom stereocenters. The zero-order valence-electron chi connectivity index (χ0n) is 18.8. The molecule has 6 heteroatoms. The van der Waals surface area contributed by atoms with Gasteiger partial charge in [-0.05, 0) is 67.9 Å². The van der Waals surface area contributed by atoms with E-state index in [1.165, 1.54) is 5.56 Å². The second-order valence-corrected chi connectivity index (χ2v) is 7.93. The van der Waals surface area contributed by atoms with Crippen LogP contribution >= 0.6 is 0 Å². The molecule has 3 rings (SSSR count). The number of benzene rings is 2. The second-order valence-electron chi connectivity index (χ2n) is 7.93. The molecule has 2 aromatic carbocycles. The second kappa shape index (κ2) is 11.2. The van der Waals surface area contributed by atoms with Gasteiger partial charge in [0.05, 0.1) is 0 Å². The topological polar surface area (TPSA) is 74.3 Å². The third-order valence-electron chi connectivity index (χ3n) is 5.32. The van der Waals surface area contributed by atoms with Crippen LogP contribution in [0.15, 0.2) is 73.1 Å². The molecule has 0 unspecified atom stereocenters. The first kappa shape index (κ1) is 23.2. The first-order valence-corrected chi connectivity index (χ1v) is 10.9. The molecule has 2 N–H and O–H groups in total. The first-order chi connectivity index (χ1) is 15.5. The Morgan fingerprint density at radius 1 is 0.906 bits per heavy atom. The van der Waals surface area contributed by atoms with E-state index in [-0.39, 0.29) is 11.8 Å². The van der Waals surface area contributed by atoms with Crippen molar-refractivity contribution in [2.45, 2.75) is 39.9 Å². The van der Waals surface area contributed by atoms with Gasteiger partial charge in [0, 0.05) is 48.3 Å².